The highest BCUT2D eigenvalue weighted by atomic mass is 79.9. The maximum absolute atomic E-state index is 13.2. The number of benzene rings is 3. The lowest BCUT2D eigenvalue weighted by Gasteiger charge is -2.35. The first-order valence-electron chi connectivity index (χ1n) is 11.1. The molecule has 33 heavy (non-hydrogen) atoms. The Labute approximate surface area is 200 Å². The summed E-state index contributed by atoms with van der Waals surface area (Å²) in [5, 5.41) is 2.11. The second kappa shape index (κ2) is 8.32. The van der Waals surface area contributed by atoms with Crippen LogP contribution in [0, 0.1) is 0 Å². The van der Waals surface area contributed by atoms with Gasteiger partial charge in [-0.3, -0.25) is 9.69 Å². The summed E-state index contributed by atoms with van der Waals surface area (Å²) in [7, 11) is 0. The van der Waals surface area contributed by atoms with Gasteiger partial charge in [0.05, 0.1) is 23.0 Å². The molecule has 1 aromatic heterocycles. The zero-order valence-electron chi connectivity index (χ0n) is 18.1. The molecule has 0 N–H and O–H groups in total. The maximum atomic E-state index is 13.2. The van der Waals surface area contributed by atoms with Gasteiger partial charge in [-0.15, -0.1) is 0 Å². The average molecular weight is 503 g/mol. The number of piperazine rings is 1. The number of nitrogens with zero attached hydrogens (tertiary/aromatic N) is 4. The summed E-state index contributed by atoms with van der Waals surface area (Å²) < 4.78 is 9.40. The summed E-state index contributed by atoms with van der Waals surface area (Å²) in [6, 6.07) is 18.4. The lowest BCUT2D eigenvalue weighted by Crippen LogP contribution is -2.51. The van der Waals surface area contributed by atoms with Crippen molar-refractivity contribution in [1.82, 2.24) is 14.5 Å². The van der Waals surface area contributed by atoms with Crippen LogP contribution in [-0.2, 0) is 17.8 Å². The first-order valence-corrected chi connectivity index (χ1v) is 11.9. The molecule has 0 radical (unpaired) electrons. The number of fused-ring (bicyclic) bond motifs is 3. The molecule has 1 fully saturated rings. The van der Waals surface area contributed by atoms with Gasteiger partial charge in [-0.05, 0) is 57.2 Å². The number of amides is 1. The molecule has 166 valence electrons. The summed E-state index contributed by atoms with van der Waals surface area (Å²) in [5.41, 5.74) is 3.24. The van der Waals surface area contributed by atoms with Gasteiger partial charge >= 0.3 is 0 Å². The monoisotopic (exact) mass is 502 g/mol. The Morgan fingerprint density at radius 1 is 0.970 bits per heavy atom. The molecule has 0 saturated carbocycles. The predicted octanol–water partition coefficient (Wildman–Crippen LogP) is 4.84. The van der Waals surface area contributed by atoms with Crippen LogP contribution in [0.25, 0.3) is 10.8 Å². The molecule has 1 unspecified atom stereocenters. The molecule has 6 nitrogen and oxygen atoms in total. The van der Waals surface area contributed by atoms with Crippen molar-refractivity contribution in [3.05, 3.63) is 82.9 Å². The van der Waals surface area contributed by atoms with Crippen molar-refractivity contribution < 1.29 is 9.53 Å². The zero-order chi connectivity index (χ0) is 22.4. The molecule has 0 spiro atoms. The molecule has 1 amide bonds. The van der Waals surface area contributed by atoms with Crippen LogP contribution in [0.5, 0.6) is 11.5 Å². The first kappa shape index (κ1) is 20.4. The van der Waals surface area contributed by atoms with Crippen LogP contribution in [0.1, 0.15) is 11.3 Å². The summed E-state index contributed by atoms with van der Waals surface area (Å²) in [6.07, 6.45) is 4.65. The SMILES string of the molecule is O=C1CN2CCc3cncn3Cc3ccc(Br)c(c3)Oc3ccc4cccc(c4c3)N1CC2. The largest absolute Gasteiger partial charge is 0.456 e. The van der Waals surface area contributed by atoms with Gasteiger partial charge in [0.15, 0.2) is 0 Å². The van der Waals surface area contributed by atoms with E-state index in [0.717, 1.165) is 63.2 Å². The third-order valence-electron chi connectivity index (χ3n) is 6.48. The average Bonchev–Trinajstić information content (AvgIpc) is 3.26. The maximum Gasteiger partial charge on any atom is 0.241 e. The standard InChI is InChI=1S/C26H23BrN4O2/c27-23-7-4-18-12-25(23)33-21-6-5-19-2-1-3-24(22(19)13-21)31-11-10-29(16-26(31)32)9-8-20-14-28-17-30(20)15-18/h1-7,12-14,17H,8-11,15-16H2. The Kier molecular flexibility index (Phi) is 5.15. The number of ether oxygens (including phenoxy) is 1. The van der Waals surface area contributed by atoms with Crippen LogP contribution in [-0.4, -0.2) is 46.5 Å². The molecule has 4 aromatic rings. The second-order valence-corrected chi connectivity index (χ2v) is 9.47. The molecule has 1 saturated heterocycles. The topological polar surface area (TPSA) is 50.6 Å². The number of hydrogen-bond donors (Lipinski definition) is 0. The Balaban J connectivity index is 1.47. The normalized spacial score (nSPS) is 18.3. The highest BCUT2D eigenvalue weighted by molar-refractivity contribution is 9.10. The number of halogens is 1. The minimum atomic E-state index is 0.132. The van der Waals surface area contributed by atoms with E-state index in [1.165, 1.54) is 0 Å². The van der Waals surface area contributed by atoms with Crippen molar-refractivity contribution in [2.75, 3.05) is 31.1 Å². The molecule has 3 aliphatic rings. The third-order valence-corrected chi connectivity index (χ3v) is 7.14. The van der Waals surface area contributed by atoms with Gasteiger partial charge in [0.2, 0.25) is 5.91 Å². The molecule has 1 atom stereocenters. The summed E-state index contributed by atoms with van der Waals surface area (Å²) in [6.45, 7) is 3.50. The van der Waals surface area contributed by atoms with Gasteiger partial charge in [0.1, 0.15) is 11.5 Å². The number of hydrogen-bond acceptors (Lipinski definition) is 4. The number of imidazole rings is 1. The summed E-state index contributed by atoms with van der Waals surface area (Å²) in [4.78, 5) is 21.7. The van der Waals surface area contributed by atoms with E-state index in [0.29, 0.717) is 19.6 Å². The van der Waals surface area contributed by atoms with Gasteiger partial charge in [-0.1, -0.05) is 24.3 Å². The van der Waals surface area contributed by atoms with Crippen LogP contribution in [0.15, 0.2) is 71.6 Å². The smallest absolute Gasteiger partial charge is 0.241 e. The molecule has 7 heteroatoms. The molecule has 7 rings (SSSR count). The van der Waals surface area contributed by atoms with Crippen molar-refractivity contribution >= 4 is 38.3 Å². The van der Waals surface area contributed by atoms with Gasteiger partial charge in [0, 0.05) is 49.9 Å². The van der Waals surface area contributed by atoms with Crippen molar-refractivity contribution in [3.63, 3.8) is 0 Å². The van der Waals surface area contributed by atoms with Crippen LogP contribution in [0.2, 0.25) is 0 Å². The Bertz CT molecular complexity index is 1370. The van der Waals surface area contributed by atoms with Gasteiger partial charge in [-0.25, -0.2) is 4.98 Å². The van der Waals surface area contributed by atoms with Crippen molar-refractivity contribution in [1.29, 1.82) is 0 Å². The highest BCUT2D eigenvalue weighted by Gasteiger charge is 2.26. The van der Waals surface area contributed by atoms with Gasteiger partial charge < -0.3 is 14.2 Å². The fourth-order valence-electron chi connectivity index (χ4n) is 4.72. The van der Waals surface area contributed by atoms with Crippen molar-refractivity contribution in [2.45, 2.75) is 13.0 Å². The quantitative estimate of drug-likeness (QED) is 0.345. The van der Waals surface area contributed by atoms with Crippen LogP contribution >= 0.6 is 15.9 Å². The zero-order valence-corrected chi connectivity index (χ0v) is 19.7. The fourth-order valence-corrected chi connectivity index (χ4v) is 5.05. The van der Waals surface area contributed by atoms with E-state index in [1.54, 1.807) is 0 Å². The van der Waals surface area contributed by atoms with Crippen molar-refractivity contribution in [3.8, 4) is 11.5 Å². The third kappa shape index (κ3) is 3.92. The lowest BCUT2D eigenvalue weighted by molar-refractivity contribution is -0.121. The Morgan fingerprint density at radius 3 is 2.82 bits per heavy atom. The van der Waals surface area contributed by atoms with Crippen molar-refractivity contribution in [2.24, 2.45) is 0 Å². The van der Waals surface area contributed by atoms with E-state index in [2.05, 4.69) is 54.6 Å². The minimum Gasteiger partial charge on any atom is -0.456 e. The summed E-state index contributed by atoms with van der Waals surface area (Å²) in [5.74, 6) is 1.64. The molecular formula is C26H23BrN4O2. The van der Waals surface area contributed by atoms with E-state index in [9.17, 15) is 4.79 Å². The number of carbonyl (C=O) groups is 1. The van der Waals surface area contributed by atoms with Crippen LogP contribution in [0.4, 0.5) is 5.69 Å². The Hall–Kier alpha value is -3.16. The number of rotatable bonds is 0. The molecule has 3 aromatic carbocycles. The molecule has 0 aliphatic carbocycles. The van der Waals surface area contributed by atoms with E-state index < -0.39 is 0 Å². The van der Waals surface area contributed by atoms with Gasteiger partial charge in [-0.2, -0.15) is 0 Å². The number of aromatic nitrogens is 2. The Morgan fingerprint density at radius 2 is 1.91 bits per heavy atom. The van der Waals surface area contributed by atoms with E-state index in [4.69, 9.17) is 4.74 Å². The van der Waals surface area contributed by atoms with E-state index >= 15 is 0 Å². The van der Waals surface area contributed by atoms with Crippen LogP contribution in [0.3, 0.4) is 0 Å². The molecular weight excluding hydrogens is 480 g/mol. The van der Waals surface area contributed by atoms with Gasteiger partial charge in [0.25, 0.3) is 0 Å². The molecule has 4 heterocycles. The summed E-state index contributed by atoms with van der Waals surface area (Å²) >= 11 is 3.63. The van der Waals surface area contributed by atoms with E-state index in [-0.39, 0.29) is 5.91 Å². The van der Waals surface area contributed by atoms with Crippen LogP contribution < -0.4 is 9.64 Å². The predicted molar refractivity (Wildman–Crippen MR) is 132 cm³/mol. The number of anilines is 1. The minimum absolute atomic E-state index is 0.132. The van der Waals surface area contributed by atoms with E-state index in [1.807, 2.05) is 47.8 Å². The second-order valence-electron chi connectivity index (χ2n) is 8.61. The molecule has 6 bridgehead atoms. The number of carbonyl (C=O) groups excluding carboxylic acids is 1. The lowest BCUT2D eigenvalue weighted by atomic mass is 10.1. The fraction of sp³-hybridized carbons (Fsp3) is 0.231. The first-order chi connectivity index (χ1) is 16.1. The molecule has 3 aliphatic heterocycles. The highest BCUT2D eigenvalue weighted by Crippen LogP contribution is 2.35.